The van der Waals surface area contributed by atoms with Crippen molar-refractivity contribution in [3.63, 3.8) is 0 Å². The molecule has 0 aliphatic rings. The lowest BCUT2D eigenvalue weighted by Crippen LogP contribution is -2.54. The molecule has 0 aliphatic carbocycles. The first kappa shape index (κ1) is 28.1. The minimum atomic E-state index is -2.50. The molecular formula is C20H44O5Si5. The molecule has 174 valence electrons. The summed E-state index contributed by atoms with van der Waals surface area (Å²) in [7, 11) is -4.13. The molecule has 0 fully saturated rings. The Balaban J connectivity index is 2.81. The molecule has 1 aromatic carbocycles. The van der Waals surface area contributed by atoms with Gasteiger partial charge in [0.2, 0.25) is 16.6 Å². The van der Waals surface area contributed by atoms with E-state index < -0.39 is 42.8 Å². The fourth-order valence-corrected chi connectivity index (χ4v) is 20.7. The molecule has 0 heterocycles. The van der Waals surface area contributed by atoms with Crippen LogP contribution in [-0.4, -0.2) is 64.1 Å². The van der Waals surface area contributed by atoms with Crippen molar-refractivity contribution in [1.29, 1.82) is 0 Å². The van der Waals surface area contributed by atoms with E-state index in [4.69, 9.17) is 21.5 Å². The molecule has 0 atom stereocenters. The Morgan fingerprint density at radius 1 is 0.700 bits per heavy atom. The van der Waals surface area contributed by atoms with Gasteiger partial charge in [-0.05, 0) is 75.2 Å². The second-order valence-corrected chi connectivity index (χ2v) is 27.9. The maximum Gasteiger partial charge on any atom is 0.500 e. The normalized spacial score (nSPS) is 13.9. The first-order valence-corrected chi connectivity index (χ1v) is 24.5. The van der Waals surface area contributed by atoms with Gasteiger partial charge in [0.1, 0.15) is 0 Å². The van der Waals surface area contributed by atoms with Gasteiger partial charge in [-0.1, -0.05) is 24.3 Å². The highest BCUT2D eigenvalue weighted by Gasteiger charge is 2.39. The maximum absolute atomic E-state index is 6.87. The molecule has 0 spiro atoms. The summed E-state index contributed by atoms with van der Waals surface area (Å²) in [6, 6.07) is 11.0. The van der Waals surface area contributed by atoms with Gasteiger partial charge < -0.3 is 21.5 Å². The van der Waals surface area contributed by atoms with Crippen molar-refractivity contribution in [3.8, 4) is 0 Å². The molecule has 5 nitrogen and oxygen atoms in total. The summed E-state index contributed by atoms with van der Waals surface area (Å²) >= 11 is 0. The molecule has 1 rings (SSSR count). The van der Waals surface area contributed by atoms with Crippen LogP contribution in [0.15, 0.2) is 24.3 Å². The third-order valence-corrected chi connectivity index (χ3v) is 21.9. The second kappa shape index (κ2) is 11.3. The number of hydrogen-bond acceptors (Lipinski definition) is 5. The van der Waals surface area contributed by atoms with Gasteiger partial charge >= 0.3 is 8.80 Å². The average molecular weight is 505 g/mol. The predicted molar refractivity (Wildman–Crippen MR) is 140 cm³/mol. The SMILES string of the molecule is CO[Si](CCC[Si](C)(C)O[Si](C)(C)c1ccc([Si](C)(C)O[SiH](C)C)cc1)(OC)OC. The molecule has 30 heavy (non-hydrogen) atoms. The third kappa shape index (κ3) is 8.22. The van der Waals surface area contributed by atoms with Crippen molar-refractivity contribution < 1.29 is 21.5 Å². The van der Waals surface area contributed by atoms with Crippen molar-refractivity contribution in [2.45, 2.75) is 70.9 Å². The van der Waals surface area contributed by atoms with E-state index in [-0.39, 0.29) is 0 Å². The third-order valence-electron chi connectivity index (χ3n) is 5.53. The fraction of sp³-hybridized carbons (Fsp3) is 0.700. The summed E-state index contributed by atoms with van der Waals surface area (Å²) in [6.45, 7) is 18.4. The van der Waals surface area contributed by atoms with Crippen LogP contribution in [0.25, 0.3) is 0 Å². The average Bonchev–Trinajstić information content (AvgIpc) is 2.64. The number of hydrogen-bond donors (Lipinski definition) is 0. The Morgan fingerprint density at radius 2 is 1.13 bits per heavy atom. The van der Waals surface area contributed by atoms with Crippen molar-refractivity contribution >= 4 is 53.2 Å². The van der Waals surface area contributed by atoms with Gasteiger partial charge in [-0.2, -0.15) is 0 Å². The van der Waals surface area contributed by atoms with Gasteiger partial charge in [-0.3, -0.25) is 0 Å². The quantitative estimate of drug-likeness (QED) is 0.380. The lowest BCUT2D eigenvalue weighted by atomic mass is 10.4. The van der Waals surface area contributed by atoms with Crippen LogP contribution in [0, 0.1) is 0 Å². The first-order chi connectivity index (χ1) is 13.7. The Bertz CT molecular complexity index is 637. The molecule has 0 saturated heterocycles. The van der Waals surface area contributed by atoms with Crippen molar-refractivity contribution in [3.05, 3.63) is 24.3 Å². The van der Waals surface area contributed by atoms with Crippen LogP contribution in [0.2, 0.25) is 64.5 Å². The van der Waals surface area contributed by atoms with E-state index in [0.717, 1.165) is 18.5 Å². The van der Waals surface area contributed by atoms with E-state index in [9.17, 15) is 0 Å². The van der Waals surface area contributed by atoms with Crippen LogP contribution in [0.5, 0.6) is 0 Å². The van der Waals surface area contributed by atoms with Crippen molar-refractivity contribution in [2.24, 2.45) is 0 Å². The van der Waals surface area contributed by atoms with Crippen LogP contribution in [-0.2, 0) is 21.5 Å². The van der Waals surface area contributed by atoms with E-state index in [0.29, 0.717) is 0 Å². The maximum atomic E-state index is 6.87. The van der Waals surface area contributed by atoms with Crippen LogP contribution in [0.3, 0.4) is 0 Å². The zero-order chi connectivity index (χ0) is 23.2. The van der Waals surface area contributed by atoms with Crippen LogP contribution in [0.4, 0.5) is 0 Å². The Kier molecular flexibility index (Phi) is 10.6. The summed E-state index contributed by atoms with van der Waals surface area (Å²) in [4.78, 5) is 0. The lowest BCUT2D eigenvalue weighted by molar-refractivity contribution is 0.123. The Labute approximate surface area is 190 Å². The lowest BCUT2D eigenvalue weighted by Gasteiger charge is -2.35. The molecule has 10 heteroatoms. The fourth-order valence-electron chi connectivity index (χ4n) is 4.02. The van der Waals surface area contributed by atoms with E-state index in [1.165, 1.54) is 10.4 Å². The summed E-state index contributed by atoms with van der Waals surface area (Å²) in [6.07, 6.45) is 1.00. The number of rotatable bonds is 13. The van der Waals surface area contributed by atoms with Crippen molar-refractivity contribution in [1.82, 2.24) is 0 Å². The molecule has 0 aromatic heterocycles. The smallest absolute Gasteiger partial charge is 0.455 e. The topological polar surface area (TPSA) is 46.2 Å². The zero-order valence-electron chi connectivity index (χ0n) is 21.0. The van der Waals surface area contributed by atoms with Gasteiger partial charge in [0.25, 0.3) is 0 Å². The van der Waals surface area contributed by atoms with Gasteiger partial charge in [-0.15, -0.1) is 0 Å². The van der Waals surface area contributed by atoms with E-state index in [1.54, 1.807) is 21.3 Å². The van der Waals surface area contributed by atoms with Crippen LogP contribution in [0.1, 0.15) is 6.42 Å². The molecule has 0 aliphatic heterocycles. The van der Waals surface area contributed by atoms with Crippen molar-refractivity contribution in [2.75, 3.05) is 21.3 Å². The van der Waals surface area contributed by atoms with Gasteiger partial charge in [-0.25, -0.2) is 0 Å². The van der Waals surface area contributed by atoms with Gasteiger partial charge in [0.05, 0.1) is 0 Å². The first-order valence-electron chi connectivity index (χ1n) is 10.9. The highest BCUT2D eigenvalue weighted by atomic mass is 28.4. The van der Waals surface area contributed by atoms with E-state index in [2.05, 4.69) is 76.6 Å². The molecular weight excluding hydrogens is 461 g/mol. The molecule has 0 saturated carbocycles. The minimum absolute atomic E-state index is 0.825. The molecule has 0 N–H and O–H groups in total. The van der Waals surface area contributed by atoms with Crippen LogP contribution >= 0.6 is 0 Å². The second-order valence-electron chi connectivity index (χ2n) is 9.78. The Morgan fingerprint density at radius 3 is 1.53 bits per heavy atom. The molecule has 0 radical (unpaired) electrons. The van der Waals surface area contributed by atoms with E-state index >= 15 is 0 Å². The summed E-state index contributed by atoms with van der Waals surface area (Å²) in [5, 5.41) is 2.72. The van der Waals surface area contributed by atoms with Gasteiger partial charge in [0, 0.05) is 27.4 Å². The predicted octanol–water partition coefficient (Wildman–Crippen LogP) is 4.00. The molecule has 1 aromatic rings. The minimum Gasteiger partial charge on any atom is -0.455 e. The molecule has 0 unspecified atom stereocenters. The highest BCUT2D eigenvalue weighted by Crippen LogP contribution is 2.24. The molecule has 0 amide bonds. The van der Waals surface area contributed by atoms with Gasteiger partial charge in [0.15, 0.2) is 17.4 Å². The summed E-state index contributed by atoms with van der Waals surface area (Å²) in [5.74, 6) is 0. The highest BCUT2D eigenvalue weighted by molar-refractivity contribution is 6.92. The zero-order valence-corrected chi connectivity index (χ0v) is 26.2. The standard InChI is InChI=1S/C20H44O5Si5/c1-21-30(22-2,23-3)18-12-17-27(6,7)25-29(10,11)20-15-13-19(14-16-20)28(8,9)24-26(4)5/h13-16,26H,12,17-18H2,1-11H3. The summed E-state index contributed by atoms with van der Waals surface area (Å²) in [5.41, 5.74) is 0. The van der Waals surface area contributed by atoms with E-state index in [1.807, 2.05) is 0 Å². The van der Waals surface area contributed by atoms with Crippen LogP contribution < -0.4 is 10.4 Å². The largest absolute Gasteiger partial charge is 0.500 e. The monoisotopic (exact) mass is 504 g/mol. The molecule has 0 bridgehead atoms. The summed E-state index contributed by atoms with van der Waals surface area (Å²) < 4.78 is 29.9. The Hall–Kier alpha value is 0.104. The number of benzene rings is 1.